The van der Waals surface area contributed by atoms with E-state index < -0.39 is 0 Å². The van der Waals surface area contributed by atoms with E-state index in [2.05, 4.69) is 0 Å². The normalized spacial score (nSPS) is 28.5. The standard InChI is InChI=1S/C11H20O3Si/c1-8(10(12)13-3)9(2)11(15)6-4-5-7-14-11/h4-7H2,1-3,15H3. The lowest BCUT2D eigenvalue weighted by molar-refractivity contribution is -0.136. The third-order valence-electron chi connectivity index (χ3n) is 3.32. The largest absolute Gasteiger partial charge is 0.466 e. The van der Waals surface area contributed by atoms with Crippen molar-refractivity contribution in [2.75, 3.05) is 13.7 Å². The van der Waals surface area contributed by atoms with E-state index in [1.54, 1.807) is 0 Å². The van der Waals surface area contributed by atoms with Crippen LogP contribution in [0.15, 0.2) is 11.1 Å². The highest BCUT2D eigenvalue weighted by molar-refractivity contribution is 6.17. The van der Waals surface area contributed by atoms with Crippen molar-refractivity contribution < 1.29 is 14.3 Å². The van der Waals surface area contributed by atoms with Gasteiger partial charge in [-0.25, -0.2) is 4.79 Å². The van der Waals surface area contributed by atoms with E-state index >= 15 is 0 Å². The Morgan fingerprint density at radius 3 is 2.53 bits per heavy atom. The summed E-state index contributed by atoms with van der Waals surface area (Å²) in [5.41, 5.74) is 1.76. The van der Waals surface area contributed by atoms with Crippen LogP contribution in [0, 0.1) is 0 Å². The first-order valence-corrected chi connectivity index (χ1v) is 6.41. The summed E-state index contributed by atoms with van der Waals surface area (Å²) in [6.45, 7) is 4.62. The fourth-order valence-electron chi connectivity index (χ4n) is 1.93. The molecule has 0 saturated carbocycles. The summed E-state index contributed by atoms with van der Waals surface area (Å²) in [6.07, 6.45) is 3.36. The van der Waals surface area contributed by atoms with Crippen molar-refractivity contribution in [1.29, 1.82) is 0 Å². The van der Waals surface area contributed by atoms with Gasteiger partial charge in [-0.1, -0.05) is 0 Å². The van der Waals surface area contributed by atoms with Crippen molar-refractivity contribution in [2.45, 2.75) is 38.3 Å². The monoisotopic (exact) mass is 228 g/mol. The van der Waals surface area contributed by atoms with Crippen LogP contribution in [0.2, 0.25) is 0 Å². The molecule has 0 N–H and O–H groups in total. The molecule has 1 fully saturated rings. The average molecular weight is 228 g/mol. The summed E-state index contributed by atoms with van der Waals surface area (Å²) in [7, 11) is 2.34. The van der Waals surface area contributed by atoms with Gasteiger partial charge >= 0.3 is 5.97 Å². The van der Waals surface area contributed by atoms with Crippen molar-refractivity contribution in [1.82, 2.24) is 0 Å². The molecule has 1 saturated heterocycles. The van der Waals surface area contributed by atoms with Crippen molar-refractivity contribution in [3.05, 3.63) is 11.1 Å². The number of esters is 1. The molecule has 0 aliphatic carbocycles. The lowest BCUT2D eigenvalue weighted by Crippen LogP contribution is -2.39. The SMILES string of the molecule is COC(=O)C(C)=C(C)C1([SiH3])CCCCO1. The molecule has 1 atom stereocenters. The highest BCUT2D eigenvalue weighted by Crippen LogP contribution is 2.30. The maximum absolute atomic E-state index is 11.4. The van der Waals surface area contributed by atoms with Crippen molar-refractivity contribution >= 4 is 16.2 Å². The van der Waals surface area contributed by atoms with Gasteiger partial charge in [0.05, 0.1) is 12.3 Å². The maximum Gasteiger partial charge on any atom is 0.333 e. The second-order valence-corrected chi connectivity index (χ2v) is 5.89. The minimum Gasteiger partial charge on any atom is -0.466 e. The van der Waals surface area contributed by atoms with Gasteiger partial charge < -0.3 is 9.47 Å². The zero-order valence-electron chi connectivity index (χ0n) is 10.1. The number of methoxy groups -OCH3 is 1. The number of hydrogen-bond donors (Lipinski definition) is 0. The highest BCUT2D eigenvalue weighted by Gasteiger charge is 2.31. The number of carbonyl (C=O) groups is 1. The average Bonchev–Trinajstić information content (AvgIpc) is 2.27. The van der Waals surface area contributed by atoms with Crippen LogP contribution in [0.5, 0.6) is 0 Å². The Labute approximate surface area is 94.3 Å². The molecule has 0 amide bonds. The second-order valence-electron chi connectivity index (χ2n) is 4.28. The third-order valence-corrected chi connectivity index (χ3v) is 4.85. The van der Waals surface area contributed by atoms with Crippen LogP contribution in [0.25, 0.3) is 0 Å². The Kier molecular flexibility index (Phi) is 4.10. The molecule has 0 aromatic carbocycles. The number of carbonyl (C=O) groups excluding carboxylic acids is 1. The van der Waals surface area contributed by atoms with E-state index in [0.717, 1.165) is 35.3 Å². The number of hydrogen-bond acceptors (Lipinski definition) is 3. The predicted molar refractivity (Wildman–Crippen MR) is 62.9 cm³/mol. The Balaban J connectivity index is 2.89. The lowest BCUT2D eigenvalue weighted by atomic mass is 9.97. The van der Waals surface area contributed by atoms with E-state index in [1.807, 2.05) is 13.8 Å². The van der Waals surface area contributed by atoms with Gasteiger partial charge in [-0.3, -0.25) is 0 Å². The Morgan fingerprint density at radius 1 is 1.40 bits per heavy atom. The van der Waals surface area contributed by atoms with E-state index in [9.17, 15) is 4.79 Å². The molecule has 4 heteroatoms. The maximum atomic E-state index is 11.4. The van der Waals surface area contributed by atoms with Crippen LogP contribution in [0.3, 0.4) is 0 Å². The minimum absolute atomic E-state index is 0.142. The number of rotatable bonds is 2. The molecular weight excluding hydrogens is 208 g/mol. The van der Waals surface area contributed by atoms with Crippen LogP contribution in [-0.2, 0) is 14.3 Å². The first-order valence-electron chi connectivity index (χ1n) is 5.41. The van der Waals surface area contributed by atoms with Crippen molar-refractivity contribution in [2.24, 2.45) is 0 Å². The predicted octanol–water partition coefficient (Wildman–Crippen LogP) is 0.758. The summed E-state index contributed by atoms with van der Waals surface area (Å²) < 4.78 is 10.6. The van der Waals surface area contributed by atoms with Crippen LogP contribution >= 0.6 is 0 Å². The smallest absolute Gasteiger partial charge is 0.333 e. The summed E-state index contributed by atoms with van der Waals surface area (Å²) in [5, 5.41) is -0.142. The Hall–Kier alpha value is -0.613. The van der Waals surface area contributed by atoms with Crippen molar-refractivity contribution in [3.8, 4) is 0 Å². The fraction of sp³-hybridized carbons (Fsp3) is 0.727. The minimum atomic E-state index is -0.239. The zero-order valence-corrected chi connectivity index (χ0v) is 12.1. The summed E-state index contributed by atoms with van der Waals surface area (Å²) in [6, 6.07) is 0. The van der Waals surface area contributed by atoms with Gasteiger partial charge in [0, 0.05) is 22.4 Å². The van der Waals surface area contributed by atoms with Gasteiger partial charge in [0.25, 0.3) is 0 Å². The van der Waals surface area contributed by atoms with E-state index in [0.29, 0.717) is 5.57 Å². The fourth-order valence-corrected chi connectivity index (χ4v) is 2.87. The molecule has 1 rings (SSSR count). The van der Waals surface area contributed by atoms with Gasteiger partial charge in [-0.2, -0.15) is 0 Å². The lowest BCUT2D eigenvalue weighted by Gasteiger charge is -2.36. The van der Waals surface area contributed by atoms with Gasteiger partial charge in [0.1, 0.15) is 0 Å². The van der Waals surface area contributed by atoms with E-state index in [1.165, 1.54) is 13.5 Å². The molecule has 1 aliphatic rings. The number of ether oxygens (including phenoxy) is 2. The molecule has 1 aliphatic heterocycles. The Morgan fingerprint density at radius 2 is 2.07 bits per heavy atom. The third kappa shape index (κ3) is 2.69. The topological polar surface area (TPSA) is 35.5 Å². The van der Waals surface area contributed by atoms with E-state index in [4.69, 9.17) is 9.47 Å². The Bertz CT molecular complexity index is 278. The van der Waals surface area contributed by atoms with Gasteiger partial charge in [-0.15, -0.1) is 0 Å². The summed E-state index contributed by atoms with van der Waals surface area (Å²) in [5.74, 6) is -0.239. The highest BCUT2D eigenvalue weighted by atomic mass is 28.1. The molecule has 0 spiro atoms. The van der Waals surface area contributed by atoms with Crippen LogP contribution < -0.4 is 0 Å². The van der Waals surface area contributed by atoms with Gasteiger partial charge in [0.2, 0.25) is 0 Å². The van der Waals surface area contributed by atoms with Gasteiger partial charge in [0.15, 0.2) is 0 Å². The molecule has 1 heterocycles. The van der Waals surface area contributed by atoms with E-state index in [-0.39, 0.29) is 11.2 Å². The first kappa shape index (κ1) is 12.5. The molecule has 0 radical (unpaired) electrons. The van der Waals surface area contributed by atoms with Crippen molar-refractivity contribution in [3.63, 3.8) is 0 Å². The summed E-state index contributed by atoms with van der Waals surface area (Å²) in [4.78, 5) is 11.4. The van der Waals surface area contributed by atoms with Gasteiger partial charge in [-0.05, 0) is 38.7 Å². The van der Waals surface area contributed by atoms with Crippen LogP contribution in [0.4, 0.5) is 0 Å². The summed E-state index contributed by atoms with van der Waals surface area (Å²) >= 11 is 0. The second kappa shape index (κ2) is 4.94. The molecule has 0 aromatic rings. The molecule has 0 aromatic heterocycles. The molecule has 0 bridgehead atoms. The molecule has 3 nitrogen and oxygen atoms in total. The zero-order chi connectivity index (χ0) is 11.5. The molecule has 86 valence electrons. The van der Waals surface area contributed by atoms with Crippen LogP contribution in [0.1, 0.15) is 33.1 Å². The first-order chi connectivity index (χ1) is 7.01. The molecule has 1 unspecified atom stereocenters. The molecular formula is C11H20O3Si. The molecule has 15 heavy (non-hydrogen) atoms. The van der Waals surface area contributed by atoms with Crippen LogP contribution in [-0.4, -0.2) is 35.2 Å². The quantitative estimate of drug-likeness (QED) is 0.398.